The molecule has 1 aromatic carbocycles. The Morgan fingerprint density at radius 2 is 2.04 bits per heavy atom. The van der Waals surface area contributed by atoms with Gasteiger partial charge in [-0.1, -0.05) is 23.4 Å². The van der Waals surface area contributed by atoms with Gasteiger partial charge in [0.1, 0.15) is 11.4 Å². The van der Waals surface area contributed by atoms with E-state index >= 15 is 0 Å². The summed E-state index contributed by atoms with van der Waals surface area (Å²) in [5.74, 6) is 2.43. The van der Waals surface area contributed by atoms with Crippen LogP contribution in [0.1, 0.15) is 44.6 Å². The van der Waals surface area contributed by atoms with Crippen LogP contribution in [0, 0.1) is 0 Å². The first-order valence-electron chi connectivity index (χ1n) is 8.77. The molecule has 0 fully saturated rings. The van der Waals surface area contributed by atoms with Crippen LogP contribution in [0.4, 0.5) is 0 Å². The summed E-state index contributed by atoms with van der Waals surface area (Å²) >= 11 is 0. The van der Waals surface area contributed by atoms with Gasteiger partial charge < -0.3 is 14.0 Å². The van der Waals surface area contributed by atoms with Gasteiger partial charge in [0.05, 0.1) is 18.1 Å². The minimum atomic E-state index is -0.307. The van der Waals surface area contributed by atoms with Crippen LogP contribution in [0.5, 0.6) is 11.6 Å². The third-order valence-corrected chi connectivity index (χ3v) is 4.41. The summed E-state index contributed by atoms with van der Waals surface area (Å²) in [6, 6.07) is 11.7. The topological polar surface area (TPSA) is 70.3 Å². The fourth-order valence-corrected chi connectivity index (χ4v) is 3.32. The molecule has 6 nitrogen and oxygen atoms in total. The number of ether oxygens (including phenoxy) is 2. The lowest BCUT2D eigenvalue weighted by Crippen LogP contribution is -2.35. The van der Waals surface area contributed by atoms with Gasteiger partial charge in [-0.2, -0.15) is 4.98 Å². The summed E-state index contributed by atoms with van der Waals surface area (Å²) < 4.78 is 17.3. The Kier molecular flexibility index (Phi) is 4.11. The zero-order chi connectivity index (χ0) is 18.1. The van der Waals surface area contributed by atoms with Gasteiger partial charge in [-0.15, -0.1) is 0 Å². The third-order valence-electron chi connectivity index (χ3n) is 4.41. The molecule has 0 radical (unpaired) electrons. The van der Waals surface area contributed by atoms with Crippen LogP contribution in [0.15, 0.2) is 47.1 Å². The van der Waals surface area contributed by atoms with E-state index in [1.165, 1.54) is 0 Å². The van der Waals surface area contributed by atoms with E-state index in [0.29, 0.717) is 24.2 Å². The standard InChI is InChI=1S/C20H21N3O3/c1-4-24-18-14(9-7-11-21-18)17-22-19(26-23-17)15-12-20(2,3)25-16-10-6-5-8-13(15)16/h5-11,15H,4,12H2,1-3H3. The number of pyridine rings is 1. The van der Waals surface area contributed by atoms with Gasteiger partial charge in [0, 0.05) is 18.2 Å². The van der Waals surface area contributed by atoms with Gasteiger partial charge in [0.15, 0.2) is 0 Å². The predicted octanol–water partition coefficient (Wildman–Crippen LogP) is 4.22. The van der Waals surface area contributed by atoms with Crippen LogP contribution in [-0.2, 0) is 0 Å². The van der Waals surface area contributed by atoms with Crippen molar-refractivity contribution in [1.29, 1.82) is 0 Å². The highest BCUT2D eigenvalue weighted by molar-refractivity contribution is 5.60. The molecule has 1 unspecified atom stereocenters. The minimum absolute atomic E-state index is 0.0107. The van der Waals surface area contributed by atoms with Gasteiger partial charge in [-0.3, -0.25) is 0 Å². The second kappa shape index (κ2) is 6.44. The Balaban J connectivity index is 1.73. The van der Waals surface area contributed by atoms with Gasteiger partial charge in [0.2, 0.25) is 17.6 Å². The van der Waals surface area contributed by atoms with Crippen LogP contribution < -0.4 is 9.47 Å². The van der Waals surface area contributed by atoms with Gasteiger partial charge in [-0.25, -0.2) is 4.98 Å². The zero-order valence-corrected chi connectivity index (χ0v) is 15.1. The molecule has 0 saturated heterocycles. The Morgan fingerprint density at radius 3 is 2.88 bits per heavy atom. The summed E-state index contributed by atoms with van der Waals surface area (Å²) in [4.78, 5) is 8.92. The molecular formula is C20H21N3O3. The highest BCUT2D eigenvalue weighted by Crippen LogP contribution is 2.43. The quantitative estimate of drug-likeness (QED) is 0.701. The minimum Gasteiger partial charge on any atom is -0.488 e. The van der Waals surface area contributed by atoms with Crippen molar-refractivity contribution in [1.82, 2.24) is 15.1 Å². The molecule has 1 aliphatic heterocycles. The van der Waals surface area contributed by atoms with E-state index < -0.39 is 0 Å². The zero-order valence-electron chi connectivity index (χ0n) is 15.1. The van der Waals surface area contributed by atoms with E-state index in [0.717, 1.165) is 23.3 Å². The van der Waals surface area contributed by atoms with Gasteiger partial charge in [0.25, 0.3) is 0 Å². The van der Waals surface area contributed by atoms with Crippen LogP contribution >= 0.6 is 0 Å². The average Bonchev–Trinajstić information content (AvgIpc) is 3.11. The molecule has 0 amide bonds. The van der Waals surface area contributed by atoms with E-state index in [1.807, 2.05) is 37.3 Å². The summed E-state index contributed by atoms with van der Waals surface area (Å²) in [6.07, 6.45) is 2.45. The average molecular weight is 351 g/mol. The monoisotopic (exact) mass is 351 g/mol. The maximum absolute atomic E-state index is 6.09. The van der Waals surface area contributed by atoms with Crippen LogP contribution in [0.2, 0.25) is 0 Å². The van der Waals surface area contributed by atoms with Crippen LogP contribution in [-0.4, -0.2) is 27.3 Å². The van der Waals surface area contributed by atoms with E-state index in [-0.39, 0.29) is 11.5 Å². The Bertz CT molecular complexity index is 920. The molecular weight excluding hydrogens is 330 g/mol. The molecule has 0 bridgehead atoms. The molecule has 3 aromatic rings. The molecule has 0 saturated carbocycles. The fourth-order valence-electron chi connectivity index (χ4n) is 3.32. The Hall–Kier alpha value is -2.89. The van der Waals surface area contributed by atoms with Crippen molar-refractivity contribution in [3.8, 4) is 23.0 Å². The number of aromatic nitrogens is 3. The van der Waals surface area contributed by atoms with Gasteiger partial charge >= 0.3 is 0 Å². The van der Waals surface area contributed by atoms with Crippen molar-refractivity contribution >= 4 is 0 Å². The normalized spacial score (nSPS) is 18.0. The number of fused-ring (bicyclic) bond motifs is 1. The smallest absolute Gasteiger partial charge is 0.234 e. The molecule has 0 spiro atoms. The molecule has 1 aliphatic rings. The van der Waals surface area contributed by atoms with Crippen molar-refractivity contribution in [2.24, 2.45) is 0 Å². The van der Waals surface area contributed by atoms with Crippen molar-refractivity contribution in [3.63, 3.8) is 0 Å². The van der Waals surface area contributed by atoms with Crippen molar-refractivity contribution in [2.75, 3.05) is 6.61 Å². The number of hydrogen-bond donors (Lipinski definition) is 0. The first-order chi connectivity index (χ1) is 12.6. The lowest BCUT2D eigenvalue weighted by molar-refractivity contribution is 0.0725. The number of hydrogen-bond acceptors (Lipinski definition) is 6. The van der Waals surface area contributed by atoms with Crippen molar-refractivity contribution in [3.05, 3.63) is 54.0 Å². The predicted molar refractivity (Wildman–Crippen MR) is 96.3 cm³/mol. The molecule has 3 heterocycles. The molecule has 0 aliphatic carbocycles. The van der Waals surface area contributed by atoms with E-state index in [1.54, 1.807) is 6.20 Å². The van der Waals surface area contributed by atoms with Crippen LogP contribution in [0.3, 0.4) is 0 Å². The molecule has 4 rings (SSSR count). The Morgan fingerprint density at radius 1 is 1.19 bits per heavy atom. The lowest BCUT2D eigenvalue weighted by Gasteiger charge is -2.36. The molecule has 1 atom stereocenters. The first-order valence-corrected chi connectivity index (χ1v) is 8.77. The summed E-state index contributed by atoms with van der Waals surface area (Å²) in [5, 5.41) is 4.18. The Labute approximate surface area is 152 Å². The summed E-state index contributed by atoms with van der Waals surface area (Å²) in [5.41, 5.74) is 1.49. The SMILES string of the molecule is CCOc1ncccc1-c1noc(C2CC(C)(C)Oc3ccccc32)n1. The third kappa shape index (κ3) is 3.03. The van der Waals surface area contributed by atoms with E-state index in [4.69, 9.17) is 14.0 Å². The second-order valence-corrected chi connectivity index (χ2v) is 6.90. The van der Waals surface area contributed by atoms with Crippen LogP contribution in [0.25, 0.3) is 11.4 Å². The molecule has 6 heteroatoms. The number of para-hydroxylation sites is 1. The highest BCUT2D eigenvalue weighted by Gasteiger charge is 2.37. The molecule has 26 heavy (non-hydrogen) atoms. The van der Waals surface area contributed by atoms with E-state index in [9.17, 15) is 0 Å². The lowest BCUT2D eigenvalue weighted by atomic mass is 9.84. The maximum Gasteiger partial charge on any atom is 0.234 e. The fraction of sp³-hybridized carbons (Fsp3) is 0.350. The largest absolute Gasteiger partial charge is 0.488 e. The highest BCUT2D eigenvalue weighted by atomic mass is 16.5. The van der Waals surface area contributed by atoms with Gasteiger partial charge in [-0.05, 0) is 39.0 Å². The summed E-state index contributed by atoms with van der Waals surface area (Å²) in [7, 11) is 0. The molecule has 0 N–H and O–H groups in total. The summed E-state index contributed by atoms with van der Waals surface area (Å²) in [6.45, 7) is 6.58. The van der Waals surface area contributed by atoms with Crippen molar-refractivity contribution < 1.29 is 14.0 Å². The van der Waals surface area contributed by atoms with E-state index in [2.05, 4.69) is 35.0 Å². The molecule has 134 valence electrons. The van der Waals surface area contributed by atoms with Crippen molar-refractivity contribution in [2.45, 2.75) is 38.7 Å². The first kappa shape index (κ1) is 16.6. The second-order valence-electron chi connectivity index (χ2n) is 6.90. The number of benzene rings is 1. The number of nitrogens with zero attached hydrogens (tertiary/aromatic N) is 3. The maximum atomic E-state index is 6.09. The molecule has 2 aromatic heterocycles. The number of rotatable bonds is 4.